The maximum atomic E-state index is 13.6. The van der Waals surface area contributed by atoms with Gasteiger partial charge in [-0.05, 0) is 70.8 Å². The molecule has 0 spiro atoms. The van der Waals surface area contributed by atoms with Gasteiger partial charge in [0.15, 0.2) is 0 Å². The average Bonchev–Trinajstić information content (AvgIpc) is 3.20. The molecule has 1 saturated heterocycles. The summed E-state index contributed by atoms with van der Waals surface area (Å²) >= 11 is 1.50. The molecule has 216 valence electrons. The molecule has 5 rings (SSSR count). The van der Waals surface area contributed by atoms with E-state index in [9.17, 15) is 18.4 Å². The van der Waals surface area contributed by atoms with E-state index in [2.05, 4.69) is 37.5 Å². The van der Waals surface area contributed by atoms with Crippen molar-refractivity contribution in [3.8, 4) is 0 Å². The Bertz CT molecular complexity index is 1420. The van der Waals surface area contributed by atoms with Gasteiger partial charge in [0.25, 0.3) is 11.5 Å². The van der Waals surface area contributed by atoms with Crippen molar-refractivity contribution < 1.29 is 18.3 Å². The van der Waals surface area contributed by atoms with Gasteiger partial charge in [-0.25, -0.2) is 0 Å². The molecular weight excluding hydrogens is 534 g/mol. The molecule has 1 aromatic carbocycles. The van der Waals surface area contributed by atoms with Crippen LogP contribution in [0.3, 0.4) is 0 Å². The SMILES string of the molecule is CSc1cc(C)[nH]c(=O)c1CNC(=O)c1c(C)n([C@H](C)C2CCC(N3CC(OC(F)F)C3)CC2)c2ccccc12. The van der Waals surface area contributed by atoms with Crippen molar-refractivity contribution in [3.63, 3.8) is 0 Å². The minimum absolute atomic E-state index is 0.156. The lowest BCUT2D eigenvalue weighted by molar-refractivity contribution is -0.202. The van der Waals surface area contributed by atoms with Gasteiger partial charge in [0, 0.05) is 64.5 Å². The highest BCUT2D eigenvalue weighted by Crippen LogP contribution is 2.39. The van der Waals surface area contributed by atoms with Gasteiger partial charge in [-0.2, -0.15) is 8.78 Å². The van der Waals surface area contributed by atoms with Crippen molar-refractivity contribution in [2.75, 3.05) is 19.3 Å². The van der Waals surface area contributed by atoms with Crippen LogP contribution in [0.2, 0.25) is 0 Å². The number of hydrogen-bond acceptors (Lipinski definition) is 5. The summed E-state index contributed by atoms with van der Waals surface area (Å²) in [5.74, 6) is 0.264. The van der Waals surface area contributed by atoms with Crippen LogP contribution in [0.4, 0.5) is 8.78 Å². The van der Waals surface area contributed by atoms with Gasteiger partial charge < -0.3 is 19.6 Å². The van der Waals surface area contributed by atoms with Crippen LogP contribution in [-0.2, 0) is 11.3 Å². The molecule has 3 heterocycles. The monoisotopic (exact) mass is 572 g/mol. The molecule has 2 N–H and O–H groups in total. The van der Waals surface area contributed by atoms with E-state index in [-0.39, 0.29) is 30.2 Å². The Morgan fingerprint density at radius 3 is 2.55 bits per heavy atom. The Morgan fingerprint density at radius 1 is 1.18 bits per heavy atom. The highest BCUT2D eigenvalue weighted by molar-refractivity contribution is 7.98. The maximum Gasteiger partial charge on any atom is 0.345 e. The van der Waals surface area contributed by atoms with Gasteiger partial charge >= 0.3 is 6.61 Å². The van der Waals surface area contributed by atoms with Crippen molar-refractivity contribution in [1.82, 2.24) is 19.8 Å². The highest BCUT2D eigenvalue weighted by Gasteiger charge is 2.37. The number of likely N-dealkylation sites (tertiary alicyclic amines) is 1. The molecule has 1 aliphatic heterocycles. The number of aromatic nitrogens is 2. The molecule has 1 amide bonds. The first kappa shape index (κ1) is 28.8. The number of amides is 1. The van der Waals surface area contributed by atoms with Crippen LogP contribution < -0.4 is 10.9 Å². The summed E-state index contributed by atoms with van der Waals surface area (Å²) < 4.78 is 31.9. The molecule has 40 heavy (non-hydrogen) atoms. The van der Waals surface area contributed by atoms with Crippen molar-refractivity contribution in [2.45, 2.75) is 82.7 Å². The zero-order valence-corrected chi connectivity index (χ0v) is 24.3. The predicted molar refractivity (Wildman–Crippen MR) is 154 cm³/mol. The van der Waals surface area contributed by atoms with Crippen LogP contribution in [0.5, 0.6) is 0 Å². The number of benzene rings is 1. The molecule has 0 unspecified atom stereocenters. The van der Waals surface area contributed by atoms with Gasteiger partial charge in [0.1, 0.15) is 0 Å². The van der Waals surface area contributed by atoms with E-state index in [1.165, 1.54) is 11.8 Å². The summed E-state index contributed by atoms with van der Waals surface area (Å²) in [5, 5.41) is 3.92. The summed E-state index contributed by atoms with van der Waals surface area (Å²) in [7, 11) is 0. The van der Waals surface area contributed by atoms with E-state index in [4.69, 9.17) is 0 Å². The second kappa shape index (κ2) is 12.0. The third-order valence-electron chi connectivity index (χ3n) is 8.78. The number of thioether (sulfide) groups is 1. The molecule has 0 bridgehead atoms. The summed E-state index contributed by atoms with van der Waals surface area (Å²) in [6.07, 6.45) is 5.73. The number of para-hydroxylation sites is 1. The van der Waals surface area contributed by atoms with E-state index in [1.54, 1.807) is 0 Å². The first-order valence-corrected chi connectivity index (χ1v) is 15.2. The van der Waals surface area contributed by atoms with Crippen LogP contribution in [-0.4, -0.2) is 58.5 Å². The normalized spacial score (nSPS) is 21.1. The summed E-state index contributed by atoms with van der Waals surface area (Å²) in [4.78, 5) is 32.2. The molecule has 10 heteroatoms. The number of halogens is 2. The first-order chi connectivity index (χ1) is 19.2. The number of carbonyl (C=O) groups is 1. The van der Waals surface area contributed by atoms with Crippen LogP contribution in [0.15, 0.2) is 40.0 Å². The quantitative estimate of drug-likeness (QED) is 0.325. The fourth-order valence-corrected chi connectivity index (χ4v) is 7.36. The Kier molecular flexibility index (Phi) is 8.68. The van der Waals surface area contributed by atoms with Gasteiger partial charge in [-0.15, -0.1) is 11.8 Å². The van der Waals surface area contributed by atoms with Crippen LogP contribution in [0, 0.1) is 19.8 Å². The number of carbonyl (C=O) groups excluding carboxylic acids is 1. The van der Waals surface area contributed by atoms with Crippen LogP contribution >= 0.6 is 11.8 Å². The van der Waals surface area contributed by atoms with Crippen molar-refractivity contribution in [3.05, 3.63) is 63.2 Å². The van der Waals surface area contributed by atoms with E-state index in [0.717, 1.165) is 52.9 Å². The van der Waals surface area contributed by atoms with Gasteiger partial charge in [-0.1, -0.05) is 18.2 Å². The molecule has 1 aliphatic carbocycles. The number of H-pyrrole nitrogens is 1. The summed E-state index contributed by atoms with van der Waals surface area (Å²) in [5.41, 5.74) is 3.78. The van der Waals surface area contributed by atoms with Gasteiger partial charge in [-0.3, -0.25) is 14.5 Å². The number of fused-ring (bicyclic) bond motifs is 1. The second-order valence-corrected chi connectivity index (χ2v) is 12.0. The highest BCUT2D eigenvalue weighted by atomic mass is 32.2. The number of aromatic amines is 1. The molecule has 2 aliphatic rings. The molecule has 1 saturated carbocycles. The number of nitrogens with zero attached hydrogens (tertiary/aromatic N) is 2. The lowest BCUT2D eigenvalue weighted by atomic mass is 9.80. The third kappa shape index (κ3) is 5.71. The van der Waals surface area contributed by atoms with Crippen molar-refractivity contribution in [2.24, 2.45) is 5.92 Å². The topological polar surface area (TPSA) is 79.4 Å². The van der Waals surface area contributed by atoms with Gasteiger partial charge in [0.05, 0.1) is 11.7 Å². The smallest absolute Gasteiger partial charge is 0.345 e. The number of nitrogens with one attached hydrogen (secondary N) is 2. The van der Waals surface area contributed by atoms with E-state index in [1.807, 2.05) is 44.4 Å². The standard InChI is InChI=1S/C30H38F2N4O3S/c1-17-13-26(40-4)24(28(37)34-17)14-33-29(38)27-19(3)36(25-8-6-5-7-23(25)27)18(2)20-9-11-21(12-10-20)35-15-22(16-35)39-30(31)32/h5-8,13,18,20-22,30H,9-12,14-16H2,1-4H3,(H,33,38)(H,34,37)/t18-,20?,21?/m1/s1. The minimum Gasteiger partial charge on any atom is -0.348 e. The number of pyridine rings is 1. The van der Waals surface area contributed by atoms with Crippen molar-refractivity contribution >= 4 is 28.6 Å². The lowest BCUT2D eigenvalue weighted by Crippen LogP contribution is -2.57. The number of hydrogen-bond donors (Lipinski definition) is 2. The predicted octanol–water partition coefficient (Wildman–Crippen LogP) is 5.64. The lowest BCUT2D eigenvalue weighted by Gasteiger charge is -2.46. The Labute approximate surface area is 237 Å². The Balaban J connectivity index is 1.30. The van der Waals surface area contributed by atoms with Crippen LogP contribution in [0.25, 0.3) is 10.9 Å². The minimum atomic E-state index is -2.70. The number of aryl methyl sites for hydroxylation is 1. The zero-order chi connectivity index (χ0) is 28.6. The number of rotatable bonds is 9. The Hall–Kier alpha value is -2.69. The molecule has 7 nitrogen and oxygen atoms in total. The molecule has 2 fully saturated rings. The van der Waals surface area contributed by atoms with E-state index < -0.39 is 6.61 Å². The average molecular weight is 573 g/mol. The second-order valence-electron chi connectivity index (χ2n) is 11.1. The fourth-order valence-electron chi connectivity index (χ4n) is 6.65. The number of alkyl halides is 2. The number of ether oxygens (including phenoxy) is 1. The first-order valence-electron chi connectivity index (χ1n) is 14.0. The largest absolute Gasteiger partial charge is 0.348 e. The van der Waals surface area contributed by atoms with E-state index >= 15 is 0 Å². The van der Waals surface area contributed by atoms with Gasteiger partial charge in [0.2, 0.25) is 0 Å². The van der Waals surface area contributed by atoms with E-state index in [0.29, 0.717) is 36.2 Å². The zero-order valence-electron chi connectivity index (χ0n) is 23.5. The molecule has 2 aromatic heterocycles. The Morgan fingerprint density at radius 2 is 1.88 bits per heavy atom. The molecule has 0 radical (unpaired) electrons. The third-order valence-corrected chi connectivity index (χ3v) is 9.58. The fraction of sp³-hybridized carbons (Fsp3) is 0.533. The summed E-state index contributed by atoms with van der Waals surface area (Å²) in [6, 6.07) is 10.6. The molecule has 1 atom stereocenters. The molecule has 3 aromatic rings. The van der Waals surface area contributed by atoms with Crippen LogP contribution in [0.1, 0.15) is 66.0 Å². The van der Waals surface area contributed by atoms with Crippen molar-refractivity contribution in [1.29, 1.82) is 0 Å². The maximum absolute atomic E-state index is 13.6. The molecular formula is C30H38F2N4O3S. The summed E-state index contributed by atoms with van der Waals surface area (Å²) in [6.45, 7) is 4.72.